The standard InChI is InChI=1S/C11H12BrF3N2O2/c1-7(5-11(13,14)15)16-6-8-2-9(12)4-10(3-8)17(18)19/h2-4,7,16H,5-6H2,1H3. The van der Waals surface area contributed by atoms with Gasteiger partial charge in [0.1, 0.15) is 0 Å². The summed E-state index contributed by atoms with van der Waals surface area (Å²) in [5.74, 6) is 0. The van der Waals surface area contributed by atoms with Gasteiger partial charge in [-0.2, -0.15) is 13.2 Å². The molecule has 0 aromatic heterocycles. The van der Waals surface area contributed by atoms with Gasteiger partial charge in [0.05, 0.1) is 11.3 Å². The molecule has 106 valence electrons. The van der Waals surface area contributed by atoms with Crippen LogP contribution < -0.4 is 5.32 Å². The van der Waals surface area contributed by atoms with Crippen LogP contribution >= 0.6 is 15.9 Å². The van der Waals surface area contributed by atoms with Gasteiger partial charge in [-0.25, -0.2) is 0 Å². The van der Waals surface area contributed by atoms with Crippen molar-refractivity contribution in [2.75, 3.05) is 0 Å². The second-order valence-corrected chi connectivity index (χ2v) is 5.09. The molecule has 1 aromatic carbocycles. The summed E-state index contributed by atoms with van der Waals surface area (Å²) in [7, 11) is 0. The van der Waals surface area contributed by atoms with Gasteiger partial charge in [-0.15, -0.1) is 0 Å². The molecule has 0 aliphatic rings. The van der Waals surface area contributed by atoms with E-state index in [0.29, 0.717) is 10.0 Å². The number of non-ortho nitro benzene ring substituents is 1. The van der Waals surface area contributed by atoms with Crippen LogP contribution in [0.3, 0.4) is 0 Å². The lowest BCUT2D eigenvalue weighted by atomic mass is 10.1. The quantitative estimate of drug-likeness (QED) is 0.655. The minimum absolute atomic E-state index is 0.102. The molecule has 0 fully saturated rings. The average Bonchev–Trinajstić information content (AvgIpc) is 2.23. The summed E-state index contributed by atoms with van der Waals surface area (Å²) in [6.45, 7) is 1.55. The SMILES string of the molecule is CC(CC(F)(F)F)NCc1cc(Br)cc([N+](=O)[O-])c1. The summed E-state index contributed by atoms with van der Waals surface area (Å²) >= 11 is 3.12. The highest BCUT2D eigenvalue weighted by Gasteiger charge is 2.29. The molecule has 4 nitrogen and oxygen atoms in total. The molecule has 1 aromatic rings. The fourth-order valence-corrected chi connectivity index (χ4v) is 2.08. The largest absolute Gasteiger partial charge is 0.390 e. The number of nitrogens with zero attached hydrogens (tertiary/aromatic N) is 1. The molecule has 0 amide bonds. The van der Waals surface area contributed by atoms with Crippen LogP contribution in [0.2, 0.25) is 0 Å². The molecule has 0 heterocycles. The molecule has 0 aliphatic carbocycles. The van der Waals surface area contributed by atoms with E-state index < -0.39 is 23.6 Å². The van der Waals surface area contributed by atoms with E-state index in [1.165, 1.54) is 19.1 Å². The summed E-state index contributed by atoms with van der Waals surface area (Å²) in [5, 5.41) is 13.3. The van der Waals surface area contributed by atoms with Crippen molar-refractivity contribution in [3.8, 4) is 0 Å². The van der Waals surface area contributed by atoms with Gasteiger partial charge >= 0.3 is 6.18 Å². The van der Waals surface area contributed by atoms with E-state index in [1.807, 2.05) is 0 Å². The van der Waals surface area contributed by atoms with Crippen LogP contribution in [-0.4, -0.2) is 17.1 Å². The monoisotopic (exact) mass is 340 g/mol. The summed E-state index contributed by atoms with van der Waals surface area (Å²) in [4.78, 5) is 10.1. The number of alkyl halides is 3. The van der Waals surface area contributed by atoms with Crippen molar-refractivity contribution in [3.63, 3.8) is 0 Å². The highest BCUT2D eigenvalue weighted by Crippen LogP contribution is 2.23. The molecule has 1 N–H and O–H groups in total. The first kappa shape index (κ1) is 15.9. The maximum atomic E-state index is 12.1. The fraction of sp³-hybridized carbons (Fsp3) is 0.455. The molecule has 1 unspecified atom stereocenters. The molecule has 8 heteroatoms. The lowest BCUT2D eigenvalue weighted by Gasteiger charge is -2.15. The zero-order valence-corrected chi connectivity index (χ0v) is 11.6. The average molecular weight is 341 g/mol. The number of nitrogens with one attached hydrogen (secondary N) is 1. The van der Waals surface area contributed by atoms with Crippen molar-refractivity contribution >= 4 is 21.6 Å². The predicted octanol–water partition coefficient (Wildman–Crippen LogP) is 3.79. The van der Waals surface area contributed by atoms with Gasteiger partial charge in [0.15, 0.2) is 0 Å². The number of benzene rings is 1. The molecule has 1 rings (SSSR count). The van der Waals surface area contributed by atoms with Crippen molar-refractivity contribution in [3.05, 3.63) is 38.3 Å². The van der Waals surface area contributed by atoms with E-state index in [9.17, 15) is 23.3 Å². The maximum absolute atomic E-state index is 12.1. The Morgan fingerprint density at radius 2 is 2.05 bits per heavy atom. The Hall–Kier alpha value is -1.15. The van der Waals surface area contributed by atoms with Crippen molar-refractivity contribution in [1.29, 1.82) is 0 Å². The van der Waals surface area contributed by atoms with Gasteiger partial charge in [0.25, 0.3) is 5.69 Å². The Balaban J connectivity index is 2.65. The zero-order valence-electron chi connectivity index (χ0n) is 10.00. The highest BCUT2D eigenvalue weighted by molar-refractivity contribution is 9.10. The van der Waals surface area contributed by atoms with Gasteiger partial charge in [0.2, 0.25) is 0 Å². The topological polar surface area (TPSA) is 55.2 Å². The number of rotatable bonds is 5. The first-order valence-corrected chi connectivity index (χ1v) is 6.20. The van der Waals surface area contributed by atoms with Crippen LogP contribution in [0.1, 0.15) is 18.9 Å². The predicted molar refractivity (Wildman–Crippen MR) is 67.8 cm³/mol. The lowest BCUT2D eigenvalue weighted by molar-refractivity contribution is -0.385. The van der Waals surface area contributed by atoms with Crippen molar-refractivity contribution < 1.29 is 18.1 Å². The number of nitro benzene ring substituents is 1. The summed E-state index contributed by atoms with van der Waals surface area (Å²) in [6.07, 6.45) is -5.17. The summed E-state index contributed by atoms with van der Waals surface area (Å²) < 4.78 is 36.9. The zero-order chi connectivity index (χ0) is 14.6. The van der Waals surface area contributed by atoms with Crippen LogP contribution in [0.5, 0.6) is 0 Å². The molecule has 0 saturated heterocycles. The van der Waals surface area contributed by atoms with E-state index in [1.54, 1.807) is 6.07 Å². The Morgan fingerprint density at radius 3 is 2.58 bits per heavy atom. The van der Waals surface area contributed by atoms with Gasteiger partial charge in [-0.3, -0.25) is 10.1 Å². The van der Waals surface area contributed by atoms with Crippen LogP contribution in [0.4, 0.5) is 18.9 Å². The van der Waals surface area contributed by atoms with E-state index in [0.717, 1.165) is 0 Å². The third-order valence-electron chi connectivity index (χ3n) is 2.35. The molecule has 0 bridgehead atoms. The molecular formula is C11H12BrF3N2O2. The van der Waals surface area contributed by atoms with E-state index in [2.05, 4.69) is 21.2 Å². The summed E-state index contributed by atoms with van der Waals surface area (Å²) in [5.41, 5.74) is 0.449. The lowest BCUT2D eigenvalue weighted by Crippen LogP contribution is -2.30. The fourth-order valence-electron chi connectivity index (χ4n) is 1.55. The van der Waals surface area contributed by atoms with Crippen molar-refractivity contribution in [1.82, 2.24) is 5.32 Å². The normalized spacial score (nSPS) is 13.3. The number of nitro groups is 1. The Morgan fingerprint density at radius 1 is 1.42 bits per heavy atom. The molecule has 19 heavy (non-hydrogen) atoms. The van der Waals surface area contributed by atoms with Gasteiger partial charge < -0.3 is 5.32 Å². The first-order valence-electron chi connectivity index (χ1n) is 5.41. The van der Waals surface area contributed by atoms with Gasteiger partial charge in [-0.1, -0.05) is 15.9 Å². The highest BCUT2D eigenvalue weighted by atomic mass is 79.9. The van der Waals surface area contributed by atoms with E-state index in [4.69, 9.17) is 0 Å². The maximum Gasteiger partial charge on any atom is 0.390 e. The molecule has 0 radical (unpaired) electrons. The molecular weight excluding hydrogens is 329 g/mol. The van der Waals surface area contributed by atoms with Crippen LogP contribution in [-0.2, 0) is 6.54 Å². The van der Waals surface area contributed by atoms with Crippen molar-refractivity contribution in [2.24, 2.45) is 0 Å². The Kier molecular flexibility index (Phi) is 5.30. The minimum atomic E-state index is -4.23. The Bertz CT molecular complexity index is 466. The van der Waals surface area contributed by atoms with Crippen LogP contribution in [0.15, 0.2) is 22.7 Å². The first-order chi connectivity index (χ1) is 8.67. The number of hydrogen-bond donors (Lipinski definition) is 1. The third-order valence-corrected chi connectivity index (χ3v) is 2.80. The minimum Gasteiger partial charge on any atom is -0.310 e. The second kappa shape index (κ2) is 6.33. The van der Waals surface area contributed by atoms with E-state index in [-0.39, 0.29) is 12.2 Å². The van der Waals surface area contributed by atoms with Crippen LogP contribution in [0, 0.1) is 10.1 Å². The number of halogens is 4. The third kappa shape index (κ3) is 6.02. The van der Waals surface area contributed by atoms with Gasteiger partial charge in [-0.05, 0) is 18.6 Å². The smallest absolute Gasteiger partial charge is 0.310 e. The van der Waals surface area contributed by atoms with Gasteiger partial charge in [0, 0.05) is 29.2 Å². The van der Waals surface area contributed by atoms with Crippen molar-refractivity contribution in [2.45, 2.75) is 32.1 Å². The number of hydrogen-bond acceptors (Lipinski definition) is 3. The van der Waals surface area contributed by atoms with Crippen LogP contribution in [0.25, 0.3) is 0 Å². The molecule has 1 atom stereocenters. The molecule has 0 spiro atoms. The second-order valence-electron chi connectivity index (χ2n) is 4.18. The molecule has 0 aliphatic heterocycles. The van der Waals surface area contributed by atoms with E-state index >= 15 is 0 Å². The summed E-state index contributed by atoms with van der Waals surface area (Å²) in [6, 6.07) is 3.54. The molecule has 0 saturated carbocycles. The Labute approximate surface area is 116 Å².